The summed E-state index contributed by atoms with van der Waals surface area (Å²) in [6.45, 7) is 4.50. The summed E-state index contributed by atoms with van der Waals surface area (Å²) in [5, 5.41) is 12.3. The summed E-state index contributed by atoms with van der Waals surface area (Å²) < 4.78 is 5.64. The highest BCUT2D eigenvalue weighted by molar-refractivity contribution is 5.81. The number of hydrogen-bond acceptors (Lipinski definition) is 4. The molecule has 2 N–H and O–H groups in total. The van der Waals surface area contributed by atoms with Crippen molar-refractivity contribution in [1.29, 1.82) is 0 Å². The first-order valence-corrected chi connectivity index (χ1v) is 11.9. The number of hydrogen-bond donors (Lipinski definition) is 2. The summed E-state index contributed by atoms with van der Waals surface area (Å²) in [6.07, 6.45) is 1.47. The standard InChI is InChI=1S/C27H32N2O5/c1-3-8-18(15-24(30)29-14-13-27(2,17-29)25(31)32)28-26(33)34-16-23-21-11-6-4-9-19(21)20-10-5-7-12-22(20)23/h4-7,9-12,18,23H,3,8,13-17H2,1-2H3,(H,28,33)(H,31,32)/t18-,27?/m0/s1. The van der Waals surface area contributed by atoms with Crippen molar-refractivity contribution < 1.29 is 24.2 Å². The molecule has 7 heteroatoms. The molecule has 0 spiro atoms. The Morgan fingerprint density at radius 3 is 2.29 bits per heavy atom. The number of nitrogens with zero attached hydrogens (tertiary/aromatic N) is 1. The van der Waals surface area contributed by atoms with Crippen molar-refractivity contribution >= 4 is 18.0 Å². The molecule has 1 saturated heterocycles. The Bertz CT molecular complexity index is 1040. The lowest BCUT2D eigenvalue weighted by atomic mass is 9.90. The molecule has 1 aliphatic carbocycles. The average Bonchev–Trinajstić information content (AvgIpc) is 3.37. The van der Waals surface area contributed by atoms with Gasteiger partial charge in [-0.1, -0.05) is 61.9 Å². The van der Waals surface area contributed by atoms with Crippen molar-refractivity contribution in [3.63, 3.8) is 0 Å². The van der Waals surface area contributed by atoms with Crippen LogP contribution in [0, 0.1) is 5.41 Å². The van der Waals surface area contributed by atoms with Gasteiger partial charge in [0.25, 0.3) is 0 Å². The molecule has 2 aliphatic rings. The van der Waals surface area contributed by atoms with E-state index < -0.39 is 17.5 Å². The Hall–Kier alpha value is -3.35. The molecule has 2 aromatic rings. The number of fused-ring (bicyclic) bond motifs is 3. The minimum Gasteiger partial charge on any atom is -0.481 e. The van der Waals surface area contributed by atoms with Crippen LogP contribution in [0.25, 0.3) is 11.1 Å². The fraction of sp³-hybridized carbons (Fsp3) is 0.444. The summed E-state index contributed by atoms with van der Waals surface area (Å²) in [7, 11) is 0. The number of alkyl carbamates (subject to hydrolysis) is 1. The number of carboxylic acid groups (broad SMARTS) is 1. The highest BCUT2D eigenvalue weighted by Crippen LogP contribution is 2.44. The van der Waals surface area contributed by atoms with Gasteiger partial charge in [0.1, 0.15) is 6.61 Å². The average molecular weight is 465 g/mol. The summed E-state index contributed by atoms with van der Waals surface area (Å²) in [5.41, 5.74) is 3.72. The maximum atomic E-state index is 12.8. The topological polar surface area (TPSA) is 95.9 Å². The Kier molecular flexibility index (Phi) is 6.91. The Balaban J connectivity index is 1.35. The maximum absolute atomic E-state index is 12.8. The summed E-state index contributed by atoms with van der Waals surface area (Å²) in [5.74, 6) is -1.05. The second-order valence-electron chi connectivity index (χ2n) is 9.59. The van der Waals surface area contributed by atoms with Crippen molar-refractivity contribution in [1.82, 2.24) is 10.2 Å². The molecule has 4 rings (SSSR count). The third-order valence-electron chi connectivity index (χ3n) is 7.07. The van der Waals surface area contributed by atoms with Gasteiger partial charge in [0.15, 0.2) is 0 Å². The van der Waals surface area contributed by atoms with Crippen molar-refractivity contribution in [2.24, 2.45) is 5.41 Å². The van der Waals surface area contributed by atoms with Crippen LogP contribution in [-0.2, 0) is 14.3 Å². The quantitative estimate of drug-likeness (QED) is 0.603. The predicted octanol–water partition coefficient (Wildman–Crippen LogP) is 4.41. The molecule has 1 heterocycles. The van der Waals surface area contributed by atoms with E-state index in [2.05, 4.69) is 29.6 Å². The third-order valence-corrected chi connectivity index (χ3v) is 7.07. The molecule has 180 valence electrons. The van der Waals surface area contributed by atoms with Crippen LogP contribution in [0.5, 0.6) is 0 Å². The lowest BCUT2D eigenvalue weighted by molar-refractivity contribution is -0.147. The summed E-state index contributed by atoms with van der Waals surface area (Å²) in [4.78, 5) is 38.6. The van der Waals surface area contributed by atoms with E-state index in [4.69, 9.17) is 4.74 Å². The zero-order valence-corrected chi connectivity index (χ0v) is 19.8. The van der Waals surface area contributed by atoms with Crippen molar-refractivity contribution in [2.75, 3.05) is 19.7 Å². The number of aliphatic carboxylic acids is 1. The highest BCUT2D eigenvalue weighted by atomic mass is 16.5. The minimum absolute atomic E-state index is 0.0253. The molecule has 0 bridgehead atoms. The summed E-state index contributed by atoms with van der Waals surface area (Å²) in [6, 6.07) is 16.0. The van der Waals surface area contributed by atoms with Crippen molar-refractivity contribution in [3.8, 4) is 11.1 Å². The molecule has 2 amide bonds. The fourth-order valence-electron chi connectivity index (χ4n) is 5.07. The largest absolute Gasteiger partial charge is 0.481 e. The zero-order chi connectivity index (χ0) is 24.3. The minimum atomic E-state index is -0.907. The maximum Gasteiger partial charge on any atom is 0.407 e. The SMILES string of the molecule is CCC[C@@H](CC(=O)N1CCC(C)(C(=O)O)C1)NC(=O)OCC1c2ccccc2-c2ccccc21. The Morgan fingerprint density at radius 1 is 1.12 bits per heavy atom. The van der Waals surface area contributed by atoms with Crippen LogP contribution >= 0.6 is 0 Å². The molecular weight excluding hydrogens is 432 g/mol. The molecule has 0 aromatic heterocycles. The highest BCUT2D eigenvalue weighted by Gasteiger charge is 2.42. The van der Waals surface area contributed by atoms with E-state index >= 15 is 0 Å². The third kappa shape index (κ3) is 4.79. The van der Waals surface area contributed by atoms with Crippen LogP contribution in [0.4, 0.5) is 4.79 Å². The van der Waals surface area contributed by atoms with Gasteiger partial charge in [0, 0.05) is 31.5 Å². The van der Waals surface area contributed by atoms with Crippen LogP contribution in [0.1, 0.15) is 56.6 Å². The molecular formula is C27H32N2O5. The lowest BCUT2D eigenvalue weighted by Crippen LogP contribution is -2.41. The van der Waals surface area contributed by atoms with Gasteiger partial charge < -0.3 is 20.1 Å². The molecule has 2 aromatic carbocycles. The van der Waals surface area contributed by atoms with Gasteiger partial charge in [-0.2, -0.15) is 0 Å². The molecule has 0 saturated carbocycles. The Morgan fingerprint density at radius 2 is 1.74 bits per heavy atom. The van der Waals surface area contributed by atoms with Gasteiger partial charge >= 0.3 is 12.1 Å². The number of carbonyl (C=O) groups excluding carboxylic acids is 2. The van der Waals surface area contributed by atoms with Gasteiger partial charge in [0.05, 0.1) is 5.41 Å². The molecule has 2 atom stereocenters. The number of likely N-dealkylation sites (tertiary alicyclic amines) is 1. The van der Waals surface area contributed by atoms with E-state index in [1.807, 2.05) is 31.2 Å². The first-order chi connectivity index (χ1) is 16.3. The first-order valence-electron chi connectivity index (χ1n) is 11.9. The Labute approximate surface area is 200 Å². The van der Waals surface area contributed by atoms with Crippen molar-refractivity contribution in [3.05, 3.63) is 59.7 Å². The number of benzene rings is 2. The molecule has 1 aliphatic heterocycles. The van der Waals surface area contributed by atoms with Gasteiger partial charge in [-0.15, -0.1) is 0 Å². The normalized spacial score (nSPS) is 19.9. The molecule has 7 nitrogen and oxygen atoms in total. The van der Waals surface area contributed by atoms with Crippen LogP contribution < -0.4 is 5.32 Å². The zero-order valence-electron chi connectivity index (χ0n) is 19.8. The van der Waals surface area contributed by atoms with E-state index in [0.29, 0.717) is 19.4 Å². The number of nitrogens with one attached hydrogen (secondary N) is 1. The number of amides is 2. The van der Waals surface area contributed by atoms with Crippen molar-refractivity contribution in [2.45, 2.75) is 51.5 Å². The van der Waals surface area contributed by atoms with Crippen LogP contribution in [0.15, 0.2) is 48.5 Å². The van der Waals surface area contributed by atoms with E-state index in [0.717, 1.165) is 17.5 Å². The van der Waals surface area contributed by atoms with Gasteiger partial charge in [0.2, 0.25) is 5.91 Å². The van der Waals surface area contributed by atoms with Gasteiger partial charge in [-0.05, 0) is 42.0 Å². The molecule has 1 fully saturated rings. The van der Waals surface area contributed by atoms with E-state index in [1.54, 1.807) is 11.8 Å². The van der Waals surface area contributed by atoms with E-state index in [-0.39, 0.29) is 37.4 Å². The van der Waals surface area contributed by atoms with E-state index in [1.165, 1.54) is 11.1 Å². The number of carbonyl (C=O) groups is 3. The predicted molar refractivity (Wildman–Crippen MR) is 128 cm³/mol. The first kappa shape index (κ1) is 23.8. The van der Waals surface area contributed by atoms with E-state index in [9.17, 15) is 19.5 Å². The van der Waals surface area contributed by atoms with Crippen LogP contribution in [0.2, 0.25) is 0 Å². The summed E-state index contributed by atoms with van der Waals surface area (Å²) >= 11 is 0. The van der Waals surface area contributed by atoms with Crippen LogP contribution in [-0.4, -0.2) is 53.7 Å². The second kappa shape index (κ2) is 9.87. The number of rotatable bonds is 8. The molecule has 34 heavy (non-hydrogen) atoms. The molecule has 0 radical (unpaired) electrons. The number of ether oxygens (including phenoxy) is 1. The molecule has 1 unspecified atom stereocenters. The lowest BCUT2D eigenvalue weighted by Gasteiger charge is -2.23. The monoisotopic (exact) mass is 464 g/mol. The van der Waals surface area contributed by atoms with Crippen LogP contribution in [0.3, 0.4) is 0 Å². The van der Waals surface area contributed by atoms with Gasteiger partial charge in [-0.25, -0.2) is 4.79 Å². The van der Waals surface area contributed by atoms with Gasteiger partial charge in [-0.3, -0.25) is 9.59 Å². The smallest absolute Gasteiger partial charge is 0.407 e. The second-order valence-corrected chi connectivity index (χ2v) is 9.59. The number of carboxylic acids is 1. The fourth-order valence-corrected chi connectivity index (χ4v) is 5.07.